The molecule has 6 saturated heterocycles. The molecular formula is C54H63ClF4N18O4. The number of urea groups is 1. The standard InChI is InChI=1S/C27H31F2N9O2.C22H24F2N8O.C5H8ClNO/c28-22(29)25-31-19-5-1-2-6-20(19)38(25)24-21-23(32-26(33-24)34-13-15-40-16-14-34)37(17-30-21)18-7-11-36(12-8-18)27(39)35-9-3-4-10-35;23-18(24)21-27-15-3-1-2-4-16(15)32(21)20-17-19(28-22(29-20)30-9-11-33-12-10-30)31(13-26-17)14-5-7-25-8-6-14;6-5(8)7-3-1-2-4-7/h1-2,5-6,17-18,22H,3-4,7-16H2;1-4,13-14,18,25H,5-12H2;1-4H2. The van der Waals surface area contributed by atoms with Crippen molar-refractivity contribution in [2.45, 2.75) is 76.3 Å². The predicted octanol–water partition coefficient (Wildman–Crippen LogP) is 8.10. The van der Waals surface area contributed by atoms with Gasteiger partial charge in [0.15, 0.2) is 45.6 Å². The average Bonchev–Trinajstić information content (AvgIpc) is 4.32. The first kappa shape index (κ1) is 54.3. The number of anilines is 2. The van der Waals surface area contributed by atoms with Crippen LogP contribution in [-0.4, -0.2) is 189 Å². The lowest BCUT2D eigenvalue weighted by atomic mass is 10.1. The Morgan fingerprint density at radius 1 is 0.531 bits per heavy atom. The van der Waals surface area contributed by atoms with Gasteiger partial charge in [0.2, 0.25) is 11.9 Å². The van der Waals surface area contributed by atoms with Gasteiger partial charge in [-0.2, -0.15) is 19.9 Å². The molecule has 27 heteroatoms. The van der Waals surface area contributed by atoms with Crippen molar-refractivity contribution < 1.29 is 36.6 Å². The lowest BCUT2D eigenvalue weighted by Crippen LogP contribution is -2.45. The van der Waals surface area contributed by atoms with Gasteiger partial charge in [-0.05, 0) is 100 Å². The molecular weight excluding hydrogens is 1080 g/mol. The van der Waals surface area contributed by atoms with Gasteiger partial charge in [-0.15, -0.1) is 0 Å². The fourth-order valence-electron chi connectivity index (χ4n) is 11.7. The molecule has 3 amide bonds. The topological polar surface area (TPSA) is 204 Å². The van der Waals surface area contributed by atoms with Crippen molar-refractivity contribution in [1.82, 2.24) is 78.2 Å². The van der Waals surface area contributed by atoms with Crippen LogP contribution in [0.2, 0.25) is 0 Å². The number of morpholine rings is 2. The highest BCUT2D eigenvalue weighted by Crippen LogP contribution is 2.36. The van der Waals surface area contributed by atoms with Gasteiger partial charge in [0.05, 0.1) is 61.1 Å². The van der Waals surface area contributed by atoms with E-state index in [1.165, 1.54) is 9.13 Å². The number of nitrogens with zero attached hydrogens (tertiary/aromatic N) is 17. The van der Waals surface area contributed by atoms with Crippen LogP contribution < -0.4 is 15.1 Å². The van der Waals surface area contributed by atoms with E-state index in [-0.39, 0.29) is 40.9 Å². The molecule has 6 aliphatic heterocycles. The number of imidazole rings is 4. The van der Waals surface area contributed by atoms with Crippen LogP contribution in [0.15, 0.2) is 61.2 Å². The minimum absolute atomic E-state index is 0.0713. The molecule has 12 heterocycles. The van der Waals surface area contributed by atoms with Crippen molar-refractivity contribution in [3.05, 3.63) is 72.8 Å². The van der Waals surface area contributed by atoms with E-state index in [0.717, 1.165) is 90.6 Å². The smallest absolute Gasteiger partial charge is 0.319 e. The van der Waals surface area contributed by atoms with E-state index < -0.39 is 12.9 Å². The van der Waals surface area contributed by atoms with Gasteiger partial charge in [0.1, 0.15) is 0 Å². The lowest BCUT2D eigenvalue weighted by molar-refractivity contribution is 0.122. The fraction of sp³-hybridized carbons (Fsp3) is 0.519. The van der Waals surface area contributed by atoms with Gasteiger partial charge < -0.3 is 48.4 Å². The number of rotatable bonds is 8. The Balaban J connectivity index is 0.000000143. The van der Waals surface area contributed by atoms with Crippen LogP contribution in [-0.2, 0) is 9.47 Å². The van der Waals surface area contributed by atoms with Crippen molar-refractivity contribution in [2.75, 3.05) is 115 Å². The summed E-state index contributed by atoms with van der Waals surface area (Å²) in [5.41, 5.74) is 4.25. The normalized spacial score (nSPS) is 18.7. The molecule has 8 aromatic rings. The molecule has 22 nitrogen and oxygen atoms in total. The number of benzene rings is 2. The molecule has 0 spiro atoms. The average molecular weight is 1140 g/mol. The molecule has 0 radical (unpaired) electrons. The number of likely N-dealkylation sites (tertiary alicyclic amines) is 3. The minimum atomic E-state index is -2.80. The lowest BCUT2D eigenvalue weighted by Gasteiger charge is -2.35. The Bertz CT molecular complexity index is 3500. The highest BCUT2D eigenvalue weighted by Gasteiger charge is 2.33. The van der Waals surface area contributed by atoms with Crippen molar-refractivity contribution in [3.63, 3.8) is 0 Å². The van der Waals surface area contributed by atoms with Crippen molar-refractivity contribution in [2.24, 2.45) is 0 Å². The number of halogens is 5. The molecule has 0 bridgehead atoms. The zero-order chi connectivity index (χ0) is 55.6. The summed E-state index contributed by atoms with van der Waals surface area (Å²) in [6.07, 6.45) is 5.70. The van der Waals surface area contributed by atoms with E-state index in [2.05, 4.69) is 29.8 Å². The predicted molar refractivity (Wildman–Crippen MR) is 295 cm³/mol. The molecule has 0 atom stereocenters. The van der Waals surface area contributed by atoms with Gasteiger partial charge in [-0.25, -0.2) is 42.3 Å². The first-order valence-electron chi connectivity index (χ1n) is 27.9. The fourth-order valence-corrected chi connectivity index (χ4v) is 11.9. The van der Waals surface area contributed by atoms with Crippen LogP contribution in [0.25, 0.3) is 56.0 Å². The second-order valence-electron chi connectivity index (χ2n) is 20.9. The van der Waals surface area contributed by atoms with Crippen LogP contribution in [0.1, 0.15) is 87.9 Å². The highest BCUT2D eigenvalue weighted by molar-refractivity contribution is 6.62. The molecule has 0 aliphatic carbocycles. The second kappa shape index (κ2) is 24.0. The zero-order valence-electron chi connectivity index (χ0n) is 44.7. The summed E-state index contributed by atoms with van der Waals surface area (Å²) in [6, 6.07) is 14.6. The Hall–Kier alpha value is -7.29. The Kier molecular flexibility index (Phi) is 16.1. The van der Waals surface area contributed by atoms with Crippen molar-refractivity contribution in [1.29, 1.82) is 0 Å². The molecule has 6 aromatic heterocycles. The summed E-state index contributed by atoms with van der Waals surface area (Å²) in [4.78, 5) is 70.0. The number of hydrogen-bond acceptors (Lipinski definition) is 15. The van der Waals surface area contributed by atoms with E-state index in [0.29, 0.717) is 128 Å². The second-order valence-corrected chi connectivity index (χ2v) is 21.2. The number of carbonyl (C=O) groups is 2. The molecule has 2 aromatic carbocycles. The van der Waals surface area contributed by atoms with Crippen LogP contribution in [0.4, 0.5) is 39.0 Å². The van der Waals surface area contributed by atoms with E-state index in [4.69, 9.17) is 41.0 Å². The minimum Gasteiger partial charge on any atom is -0.378 e. The number of para-hydroxylation sites is 4. The number of ether oxygens (including phenoxy) is 2. The molecule has 428 valence electrons. The van der Waals surface area contributed by atoms with Gasteiger partial charge in [0, 0.05) is 77.5 Å². The zero-order valence-corrected chi connectivity index (χ0v) is 45.4. The third-order valence-corrected chi connectivity index (χ3v) is 16.2. The Morgan fingerprint density at radius 2 is 0.951 bits per heavy atom. The summed E-state index contributed by atoms with van der Waals surface area (Å²) < 4.78 is 74.8. The number of nitrogens with one attached hydrogen (secondary N) is 1. The Morgan fingerprint density at radius 3 is 1.38 bits per heavy atom. The summed E-state index contributed by atoms with van der Waals surface area (Å²) >= 11 is 5.17. The third-order valence-electron chi connectivity index (χ3n) is 15.9. The number of fused-ring (bicyclic) bond motifs is 4. The molecule has 6 aliphatic rings. The number of aromatic nitrogens is 12. The van der Waals surface area contributed by atoms with Gasteiger partial charge in [-0.1, -0.05) is 24.3 Å². The largest absolute Gasteiger partial charge is 0.378 e. The molecule has 0 unspecified atom stereocenters. The maximum absolute atomic E-state index is 14.3. The van der Waals surface area contributed by atoms with Crippen molar-refractivity contribution in [3.8, 4) is 11.6 Å². The summed E-state index contributed by atoms with van der Waals surface area (Å²) in [5, 5.41) is 3.07. The number of amides is 3. The number of piperidine rings is 2. The first-order chi connectivity index (χ1) is 39.6. The molecule has 1 N–H and O–H groups in total. The van der Waals surface area contributed by atoms with Crippen LogP contribution in [0.5, 0.6) is 0 Å². The quantitative estimate of drug-likeness (QED) is 0.0868. The van der Waals surface area contributed by atoms with Crippen LogP contribution in [0, 0.1) is 0 Å². The first-order valence-corrected chi connectivity index (χ1v) is 28.3. The van der Waals surface area contributed by atoms with Gasteiger partial charge in [0.25, 0.3) is 12.9 Å². The SMILES string of the molecule is FC(F)c1nc2ccccc2n1-c1nc(N2CCOCC2)nc2c1ncn2C1CCNCC1.O=C(Cl)N1CCCC1.O=C(N1CCCC1)N1CCC(n2cnc3c(-n4c(C(F)F)nc5ccccc54)nc(N4CCOCC4)nc32)CC1. The summed E-state index contributed by atoms with van der Waals surface area (Å²) in [6.45, 7) is 11.2. The van der Waals surface area contributed by atoms with Crippen LogP contribution in [0.3, 0.4) is 0 Å². The van der Waals surface area contributed by atoms with E-state index in [1.807, 2.05) is 30.2 Å². The van der Waals surface area contributed by atoms with E-state index >= 15 is 0 Å². The summed E-state index contributed by atoms with van der Waals surface area (Å²) in [5.74, 6) is 0.841. The third kappa shape index (κ3) is 11.1. The van der Waals surface area contributed by atoms with Gasteiger partial charge >= 0.3 is 11.4 Å². The van der Waals surface area contributed by atoms with Crippen molar-refractivity contribution >= 4 is 79.3 Å². The van der Waals surface area contributed by atoms with Gasteiger partial charge in [-0.3, -0.25) is 13.9 Å². The number of hydrogen-bond donors (Lipinski definition) is 1. The molecule has 0 saturated carbocycles. The molecule has 6 fully saturated rings. The molecule has 14 rings (SSSR count). The monoisotopic (exact) mass is 1140 g/mol. The van der Waals surface area contributed by atoms with E-state index in [1.54, 1.807) is 60.0 Å². The highest BCUT2D eigenvalue weighted by atomic mass is 35.5. The van der Waals surface area contributed by atoms with Crippen LogP contribution >= 0.6 is 11.6 Å². The van der Waals surface area contributed by atoms with E-state index in [9.17, 15) is 27.2 Å². The summed E-state index contributed by atoms with van der Waals surface area (Å²) in [7, 11) is 0. The molecule has 81 heavy (non-hydrogen) atoms. The number of carbonyl (C=O) groups excluding carboxylic acids is 2. The Labute approximate surface area is 468 Å². The maximum Gasteiger partial charge on any atom is 0.319 e. The number of alkyl halides is 4. The maximum atomic E-state index is 14.3.